The summed E-state index contributed by atoms with van der Waals surface area (Å²) in [6.45, 7) is 2.34. The fraction of sp³-hybridized carbons (Fsp3) is 0.733. The molecular formula is C15H25BrN4O. The molecule has 0 amide bonds. The fourth-order valence-electron chi connectivity index (χ4n) is 2.93. The van der Waals surface area contributed by atoms with Gasteiger partial charge >= 0.3 is 0 Å². The molecule has 1 heterocycles. The second-order valence-electron chi connectivity index (χ2n) is 6.19. The van der Waals surface area contributed by atoms with Crippen molar-refractivity contribution in [2.24, 2.45) is 17.6 Å². The van der Waals surface area contributed by atoms with Crippen LogP contribution in [-0.2, 0) is 6.54 Å². The van der Waals surface area contributed by atoms with Crippen LogP contribution in [0.1, 0.15) is 36.2 Å². The number of ketones is 1. The van der Waals surface area contributed by atoms with E-state index in [1.807, 2.05) is 18.8 Å². The van der Waals surface area contributed by atoms with E-state index >= 15 is 0 Å². The first kappa shape index (κ1) is 16.6. The minimum atomic E-state index is 0.124. The number of likely N-dealkylation sites (N-methyl/N-ethyl adjacent to an activating group) is 1. The normalized spacial score (nSPS) is 22.7. The number of nitrogens with zero attached hydrogens (tertiary/aromatic N) is 3. The van der Waals surface area contributed by atoms with Gasteiger partial charge in [-0.25, -0.2) is 0 Å². The molecular weight excluding hydrogens is 332 g/mol. The van der Waals surface area contributed by atoms with Crippen molar-refractivity contribution >= 4 is 21.7 Å². The number of carbonyl (C=O) groups excluding carboxylic acids is 1. The molecule has 5 nitrogen and oxygen atoms in total. The van der Waals surface area contributed by atoms with Gasteiger partial charge in [0.2, 0.25) is 0 Å². The lowest BCUT2D eigenvalue weighted by atomic mass is 9.79. The van der Waals surface area contributed by atoms with Gasteiger partial charge in [0.05, 0.1) is 17.2 Å². The van der Waals surface area contributed by atoms with Gasteiger partial charge in [-0.2, -0.15) is 5.10 Å². The summed E-state index contributed by atoms with van der Waals surface area (Å²) in [5.41, 5.74) is 6.45. The van der Waals surface area contributed by atoms with Crippen LogP contribution in [0.2, 0.25) is 0 Å². The van der Waals surface area contributed by atoms with Crippen LogP contribution in [0.5, 0.6) is 0 Å². The van der Waals surface area contributed by atoms with E-state index in [1.54, 1.807) is 6.20 Å². The van der Waals surface area contributed by atoms with Crippen molar-refractivity contribution in [2.75, 3.05) is 27.2 Å². The molecule has 1 fully saturated rings. The van der Waals surface area contributed by atoms with E-state index in [1.165, 1.54) is 0 Å². The maximum atomic E-state index is 12.8. The van der Waals surface area contributed by atoms with Crippen molar-refractivity contribution in [3.8, 4) is 0 Å². The predicted molar refractivity (Wildman–Crippen MR) is 87.3 cm³/mol. The molecule has 1 aliphatic rings. The fourth-order valence-corrected chi connectivity index (χ4v) is 3.42. The van der Waals surface area contributed by atoms with E-state index in [0.29, 0.717) is 5.92 Å². The summed E-state index contributed by atoms with van der Waals surface area (Å²) in [4.78, 5) is 14.9. The molecule has 21 heavy (non-hydrogen) atoms. The Hall–Kier alpha value is -0.720. The lowest BCUT2D eigenvalue weighted by Gasteiger charge is -2.26. The van der Waals surface area contributed by atoms with Gasteiger partial charge in [0.15, 0.2) is 5.78 Å². The summed E-state index contributed by atoms with van der Waals surface area (Å²) in [7, 11) is 4.04. The number of rotatable bonds is 6. The third kappa shape index (κ3) is 4.14. The zero-order valence-electron chi connectivity index (χ0n) is 12.9. The van der Waals surface area contributed by atoms with Gasteiger partial charge < -0.3 is 10.6 Å². The predicted octanol–water partition coefficient (Wildman–Crippen LogP) is 2.15. The highest BCUT2D eigenvalue weighted by Crippen LogP contribution is 2.32. The van der Waals surface area contributed by atoms with Gasteiger partial charge in [0.25, 0.3) is 0 Å². The van der Waals surface area contributed by atoms with E-state index in [-0.39, 0.29) is 11.7 Å². The number of hydrogen-bond acceptors (Lipinski definition) is 4. The molecule has 0 saturated heterocycles. The van der Waals surface area contributed by atoms with Crippen LogP contribution in [-0.4, -0.2) is 47.6 Å². The third-order valence-corrected chi connectivity index (χ3v) is 4.92. The molecule has 0 radical (unpaired) electrons. The SMILES string of the molecule is CN(C)CCn1ncc(Br)c1C(=O)C1CCC(CN)CC1. The Kier molecular flexibility index (Phi) is 5.96. The van der Waals surface area contributed by atoms with Gasteiger partial charge in [-0.05, 0) is 68.2 Å². The summed E-state index contributed by atoms with van der Waals surface area (Å²) in [6, 6.07) is 0. The van der Waals surface area contributed by atoms with E-state index in [2.05, 4.69) is 25.9 Å². The molecule has 0 atom stereocenters. The quantitative estimate of drug-likeness (QED) is 0.793. The molecule has 2 rings (SSSR count). The van der Waals surface area contributed by atoms with Crippen LogP contribution in [0.4, 0.5) is 0 Å². The van der Waals surface area contributed by atoms with Gasteiger partial charge in [-0.1, -0.05) is 0 Å². The highest BCUT2D eigenvalue weighted by atomic mass is 79.9. The van der Waals surface area contributed by atoms with Crippen molar-refractivity contribution < 1.29 is 4.79 Å². The van der Waals surface area contributed by atoms with E-state index in [4.69, 9.17) is 5.73 Å². The lowest BCUT2D eigenvalue weighted by molar-refractivity contribution is 0.0860. The first-order valence-electron chi connectivity index (χ1n) is 7.63. The molecule has 0 bridgehead atoms. The Balaban J connectivity index is 2.06. The maximum Gasteiger partial charge on any atom is 0.185 e. The minimum absolute atomic E-state index is 0.124. The monoisotopic (exact) mass is 356 g/mol. The molecule has 1 aromatic rings. The molecule has 2 N–H and O–H groups in total. The second kappa shape index (κ2) is 7.51. The highest BCUT2D eigenvalue weighted by Gasteiger charge is 2.29. The maximum absolute atomic E-state index is 12.8. The smallest absolute Gasteiger partial charge is 0.185 e. The van der Waals surface area contributed by atoms with E-state index in [9.17, 15) is 4.79 Å². The first-order valence-corrected chi connectivity index (χ1v) is 8.42. The number of halogens is 1. The standard InChI is InChI=1S/C15H25BrN4O/c1-19(2)7-8-20-14(13(16)10-18-20)15(21)12-5-3-11(9-17)4-6-12/h10-12H,3-9,17H2,1-2H3. The van der Waals surface area contributed by atoms with Gasteiger partial charge in [0.1, 0.15) is 5.69 Å². The largest absolute Gasteiger partial charge is 0.330 e. The van der Waals surface area contributed by atoms with Gasteiger partial charge in [-0.3, -0.25) is 9.48 Å². The Bertz CT molecular complexity index is 478. The highest BCUT2D eigenvalue weighted by molar-refractivity contribution is 9.10. The second-order valence-corrected chi connectivity index (χ2v) is 7.04. The number of Topliss-reactive ketones (excluding diaryl/α,β-unsaturated/α-hetero) is 1. The minimum Gasteiger partial charge on any atom is -0.330 e. The van der Waals surface area contributed by atoms with Crippen LogP contribution in [0.15, 0.2) is 10.7 Å². The summed E-state index contributed by atoms with van der Waals surface area (Å²) >= 11 is 3.48. The van der Waals surface area contributed by atoms with Crippen molar-refractivity contribution in [2.45, 2.75) is 32.2 Å². The van der Waals surface area contributed by atoms with Crippen molar-refractivity contribution in [3.63, 3.8) is 0 Å². The Morgan fingerprint density at radius 1 is 1.43 bits per heavy atom. The summed E-state index contributed by atoms with van der Waals surface area (Å²) in [5, 5.41) is 4.34. The van der Waals surface area contributed by atoms with Crippen LogP contribution >= 0.6 is 15.9 Å². The molecule has 0 aromatic carbocycles. The summed E-state index contributed by atoms with van der Waals surface area (Å²) in [5.74, 6) is 0.948. The number of nitrogens with two attached hydrogens (primary N) is 1. The van der Waals surface area contributed by atoms with Crippen LogP contribution in [0.25, 0.3) is 0 Å². The molecule has 6 heteroatoms. The van der Waals surface area contributed by atoms with Crippen molar-refractivity contribution in [3.05, 3.63) is 16.4 Å². The molecule has 1 aliphatic carbocycles. The summed E-state index contributed by atoms with van der Waals surface area (Å²) in [6.07, 6.45) is 5.76. The Labute approximate surface area is 135 Å². The van der Waals surface area contributed by atoms with Crippen LogP contribution < -0.4 is 5.73 Å². The summed E-state index contributed by atoms with van der Waals surface area (Å²) < 4.78 is 2.65. The molecule has 0 unspecified atom stereocenters. The van der Waals surface area contributed by atoms with Gasteiger partial charge in [-0.15, -0.1) is 0 Å². The Morgan fingerprint density at radius 2 is 2.10 bits per heavy atom. The molecule has 0 spiro atoms. The van der Waals surface area contributed by atoms with Gasteiger partial charge in [0, 0.05) is 12.5 Å². The topological polar surface area (TPSA) is 64.2 Å². The van der Waals surface area contributed by atoms with E-state index in [0.717, 1.165) is 55.5 Å². The third-order valence-electron chi connectivity index (χ3n) is 4.34. The van der Waals surface area contributed by atoms with E-state index < -0.39 is 0 Å². The number of aromatic nitrogens is 2. The van der Waals surface area contributed by atoms with Crippen LogP contribution in [0.3, 0.4) is 0 Å². The van der Waals surface area contributed by atoms with Crippen LogP contribution in [0, 0.1) is 11.8 Å². The average molecular weight is 357 g/mol. The average Bonchev–Trinajstić information content (AvgIpc) is 2.85. The lowest BCUT2D eigenvalue weighted by Crippen LogP contribution is -2.28. The number of carbonyl (C=O) groups is 1. The zero-order valence-corrected chi connectivity index (χ0v) is 14.5. The Morgan fingerprint density at radius 3 is 2.67 bits per heavy atom. The van der Waals surface area contributed by atoms with Crippen molar-refractivity contribution in [1.82, 2.24) is 14.7 Å². The molecule has 0 aliphatic heterocycles. The van der Waals surface area contributed by atoms with Crippen molar-refractivity contribution in [1.29, 1.82) is 0 Å². The zero-order chi connectivity index (χ0) is 15.4. The first-order chi connectivity index (χ1) is 10.0. The molecule has 1 saturated carbocycles. The number of hydrogen-bond donors (Lipinski definition) is 1. The molecule has 118 valence electrons. The molecule has 1 aromatic heterocycles.